The molecule has 4 heteroatoms. The van der Waals surface area contributed by atoms with Gasteiger partial charge in [0.15, 0.2) is 0 Å². The summed E-state index contributed by atoms with van der Waals surface area (Å²) in [6, 6.07) is 9.98. The van der Waals surface area contributed by atoms with Crippen molar-refractivity contribution in [2.75, 3.05) is 13.1 Å². The van der Waals surface area contributed by atoms with E-state index < -0.39 is 0 Å². The lowest BCUT2D eigenvalue weighted by atomic mass is 9.89. The average Bonchev–Trinajstić information content (AvgIpc) is 2.81. The molecule has 1 heterocycles. The summed E-state index contributed by atoms with van der Waals surface area (Å²) in [5.74, 6) is -0.252. The van der Waals surface area contributed by atoms with Crippen LogP contribution >= 0.6 is 0 Å². The van der Waals surface area contributed by atoms with Crippen LogP contribution in [0.3, 0.4) is 0 Å². The number of hydrogen-bond donors (Lipinski definition) is 1. The minimum absolute atomic E-state index is 0.126. The molecule has 0 aliphatic carbocycles. The van der Waals surface area contributed by atoms with Crippen LogP contribution in [0.1, 0.15) is 110 Å². The molecule has 0 bridgehead atoms. The molecule has 174 valence electrons. The second-order valence-electron chi connectivity index (χ2n) is 9.19. The third-order valence-electron chi connectivity index (χ3n) is 6.72. The van der Waals surface area contributed by atoms with E-state index in [1.54, 1.807) is 0 Å². The van der Waals surface area contributed by atoms with Gasteiger partial charge in [-0.25, -0.2) is 0 Å². The van der Waals surface area contributed by atoms with Crippen molar-refractivity contribution in [1.29, 1.82) is 0 Å². The van der Waals surface area contributed by atoms with E-state index in [0.29, 0.717) is 17.7 Å². The maximum atomic E-state index is 13.2. The van der Waals surface area contributed by atoms with E-state index in [0.717, 1.165) is 49.4 Å². The first-order valence-corrected chi connectivity index (χ1v) is 12.8. The number of unbranched alkanes of at least 4 members (excludes halogenated alkanes) is 10. The van der Waals surface area contributed by atoms with Crippen molar-refractivity contribution in [2.24, 2.45) is 5.73 Å². The summed E-state index contributed by atoms with van der Waals surface area (Å²) in [6.07, 6.45) is 15.0. The van der Waals surface area contributed by atoms with E-state index in [9.17, 15) is 9.59 Å². The number of imide groups is 1. The third-order valence-corrected chi connectivity index (χ3v) is 6.72. The van der Waals surface area contributed by atoms with Crippen molar-refractivity contribution < 1.29 is 9.59 Å². The highest BCUT2D eigenvalue weighted by Crippen LogP contribution is 2.33. The number of carbonyl (C=O) groups is 2. The molecule has 4 nitrogen and oxygen atoms in total. The molecule has 0 saturated heterocycles. The SMILES string of the molecule is CCCCCCCCN1C(=O)c2cccc3c(CCCCCCCCN)ccc(c23)C1=O. The predicted molar refractivity (Wildman–Crippen MR) is 133 cm³/mol. The molecule has 1 aliphatic heterocycles. The van der Waals surface area contributed by atoms with Crippen molar-refractivity contribution in [3.8, 4) is 0 Å². The zero-order chi connectivity index (χ0) is 22.8. The van der Waals surface area contributed by atoms with Gasteiger partial charge in [0.05, 0.1) is 0 Å². The summed E-state index contributed by atoms with van der Waals surface area (Å²) in [5, 5.41) is 1.94. The number of hydrogen-bond acceptors (Lipinski definition) is 3. The predicted octanol–water partition coefficient (Wildman–Crippen LogP) is 6.64. The highest BCUT2D eigenvalue weighted by molar-refractivity contribution is 6.25. The van der Waals surface area contributed by atoms with E-state index in [4.69, 9.17) is 5.73 Å². The van der Waals surface area contributed by atoms with Gasteiger partial charge in [-0.3, -0.25) is 14.5 Å². The number of nitrogens with zero attached hydrogens (tertiary/aromatic N) is 1. The highest BCUT2D eigenvalue weighted by Gasteiger charge is 2.32. The van der Waals surface area contributed by atoms with Gasteiger partial charge >= 0.3 is 0 Å². The molecule has 0 fully saturated rings. The molecule has 2 aromatic rings. The smallest absolute Gasteiger partial charge is 0.261 e. The van der Waals surface area contributed by atoms with Crippen LogP contribution in [0.15, 0.2) is 30.3 Å². The first-order chi connectivity index (χ1) is 15.7. The molecule has 2 N–H and O–H groups in total. The molecule has 0 unspecified atom stereocenters. The van der Waals surface area contributed by atoms with Gasteiger partial charge in [0.25, 0.3) is 11.8 Å². The number of rotatable bonds is 15. The van der Waals surface area contributed by atoms with Crippen LogP contribution in [0, 0.1) is 0 Å². The van der Waals surface area contributed by atoms with E-state index >= 15 is 0 Å². The molecule has 32 heavy (non-hydrogen) atoms. The Bertz CT molecular complexity index is 883. The van der Waals surface area contributed by atoms with Crippen LogP contribution in [0.5, 0.6) is 0 Å². The minimum atomic E-state index is -0.126. The van der Waals surface area contributed by atoms with Crippen LogP contribution < -0.4 is 5.73 Å². The summed E-state index contributed by atoms with van der Waals surface area (Å²) in [7, 11) is 0. The van der Waals surface area contributed by atoms with Crippen LogP contribution in [-0.4, -0.2) is 29.8 Å². The van der Waals surface area contributed by atoms with Gasteiger partial charge in [-0.1, -0.05) is 82.9 Å². The van der Waals surface area contributed by atoms with E-state index in [-0.39, 0.29) is 11.8 Å². The average molecular weight is 437 g/mol. The summed E-state index contributed by atoms with van der Waals surface area (Å²) >= 11 is 0. The van der Waals surface area contributed by atoms with Crippen molar-refractivity contribution in [2.45, 2.75) is 90.4 Å². The van der Waals surface area contributed by atoms with E-state index in [1.165, 1.54) is 61.8 Å². The number of aryl methyl sites for hydroxylation is 1. The topological polar surface area (TPSA) is 63.4 Å². The molecule has 3 rings (SSSR count). The van der Waals surface area contributed by atoms with Crippen molar-refractivity contribution in [3.05, 3.63) is 47.0 Å². The monoisotopic (exact) mass is 436 g/mol. The number of nitrogens with two attached hydrogens (primary N) is 1. The number of amides is 2. The Morgan fingerprint density at radius 2 is 1.34 bits per heavy atom. The second-order valence-corrected chi connectivity index (χ2v) is 9.19. The van der Waals surface area contributed by atoms with Gasteiger partial charge in [-0.2, -0.15) is 0 Å². The molecule has 0 saturated carbocycles. The second kappa shape index (κ2) is 12.7. The third kappa shape index (κ3) is 5.98. The summed E-state index contributed by atoms with van der Waals surface area (Å²) < 4.78 is 0. The lowest BCUT2D eigenvalue weighted by Crippen LogP contribution is -2.40. The van der Waals surface area contributed by atoms with Gasteiger partial charge in [-0.15, -0.1) is 0 Å². The Kier molecular flexibility index (Phi) is 9.73. The normalized spacial score (nSPS) is 13.4. The zero-order valence-corrected chi connectivity index (χ0v) is 19.8. The molecule has 0 radical (unpaired) electrons. The Morgan fingerprint density at radius 1 is 0.719 bits per heavy atom. The Balaban J connectivity index is 1.65. The Morgan fingerprint density at radius 3 is 2.06 bits per heavy atom. The van der Waals surface area contributed by atoms with Crippen LogP contribution in [0.25, 0.3) is 10.8 Å². The van der Waals surface area contributed by atoms with Gasteiger partial charge < -0.3 is 5.73 Å². The summed E-state index contributed by atoms with van der Waals surface area (Å²) in [6.45, 7) is 3.51. The van der Waals surface area contributed by atoms with E-state index in [1.807, 2.05) is 18.2 Å². The quantitative estimate of drug-likeness (QED) is 0.251. The van der Waals surface area contributed by atoms with Crippen molar-refractivity contribution >= 4 is 22.6 Å². The number of benzene rings is 2. The molecule has 2 amide bonds. The maximum Gasteiger partial charge on any atom is 0.261 e. The molecule has 2 aromatic carbocycles. The maximum absolute atomic E-state index is 13.2. The van der Waals surface area contributed by atoms with Gasteiger partial charge in [0, 0.05) is 23.1 Å². The summed E-state index contributed by atoms with van der Waals surface area (Å²) in [4.78, 5) is 27.8. The van der Waals surface area contributed by atoms with Crippen LogP contribution in [0.2, 0.25) is 0 Å². The van der Waals surface area contributed by atoms with Gasteiger partial charge in [0.2, 0.25) is 0 Å². The lowest BCUT2D eigenvalue weighted by Gasteiger charge is -2.28. The first kappa shape index (κ1) is 24.4. The van der Waals surface area contributed by atoms with Crippen molar-refractivity contribution in [1.82, 2.24) is 4.90 Å². The standard InChI is InChI=1S/C28H40N2O2/c1-2-3-4-5-10-13-21-30-27(31)24-17-14-16-23-22(15-11-8-6-7-9-12-20-29)18-19-25(26(23)24)28(30)32/h14,16-19H,2-13,15,20-21,29H2,1H3. The Hall–Kier alpha value is -2.20. The highest BCUT2D eigenvalue weighted by atomic mass is 16.2. The molecule has 0 aromatic heterocycles. The van der Waals surface area contributed by atoms with Crippen molar-refractivity contribution in [3.63, 3.8) is 0 Å². The lowest BCUT2D eigenvalue weighted by molar-refractivity contribution is 0.0607. The van der Waals surface area contributed by atoms with Gasteiger partial charge in [-0.05, 0) is 55.3 Å². The van der Waals surface area contributed by atoms with E-state index in [2.05, 4.69) is 19.1 Å². The molecule has 0 spiro atoms. The number of carbonyl (C=O) groups excluding carboxylic acids is 2. The molecular weight excluding hydrogens is 396 g/mol. The fourth-order valence-electron chi connectivity index (χ4n) is 4.84. The minimum Gasteiger partial charge on any atom is -0.330 e. The fraction of sp³-hybridized carbons (Fsp3) is 0.571. The summed E-state index contributed by atoms with van der Waals surface area (Å²) in [5.41, 5.74) is 8.18. The fourth-order valence-corrected chi connectivity index (χ4v) is 4.84. The zero-order valence-electron chi connectivity index (χ0n) is 19.8. The largest absolute Gasteiger partial charge is 0.330 e. The first-order valence-electron chi connectivity index (χ1n) is 12.8. The molecule has 1 aliphatic rings. The van der Waals surface area contributed by atoms with Crippen LogP contribution in [-0.2, 0) is 6.42 Å². The molecule has 0 atom stereocenters. The van der Waals surface area contributed by atoms with Crippen LogP contribution in [0.4, 0.5) is 0 Å². The Labute approximate surface area is 193 Å². The molecular formula is C28H40N2O2. The van der Waals surface area contributed by atoms with Gasteiger partial charge in [0.1, 0.15) is 0 Å².